The van der Waals surface area contributed by atoms with Crippen molar-refractivity contribution in [3.8, 4) is 0 Å². The maximum absolute atomic E-state index is 12.5. The van der Waals surface area contributed by atoms with Gasteiger partial charge in [-0.25, -0.2) is 13.1 Å². The molecule has 7 heteroatoms. The van der Waals surface area contributed by atoms with E-state index in [-0.39, 0.29) is 22.9 Å². The quantitative estimate of drug-likeness (QED) is 0.590. The van der Waals surface area contributed by atoms with Gasteiger partial charge in [-0.1, -0.05) is 18.9 Å². The third-order valence-corrected chi connectivity index (χ3v) is 7.09. The zero-order chi connectivity index (χ0) is 19.4. The molecule has 2 atom stereocenters. The molecule has 27 heavy (non-hydrogen) atoms. The molecule has 3 rings (SSSR count). The highest BCUT2D eigenvalue weighted by Crippen LogP contribution is 2.27. The molecule has 150 valence electrons. The van der Waals surface area contributed by atoms with Crippen molar-refractivity contribution < 1.29 is 18.3 Å². The van der Waals surface area contributed by atoms with E-state index in [1.54, 1.807) is 19.1 Å². The molecule has 2 aliphatic carbocycles. The molecule has 2 fully saturated rings. The zero-order valence-corrected chi connectivity index (χ0v) is 16.7. The van der Waals surface area contributed by atoms with Crippen LogP contribution in [0.4, 0.5) is 0 Å². The number of hydrogen-bond donors (Lipinski definition) is 3. The van der Waals surface area contributed by atoms with Crippen molar-refractivity contribution in [2.75, 3.05) is 6.54 Å². The lowest BCUT2D eigenvalue weighted by Gasteiger charge is -2.27. The number of aliphatic hydroxyl groups is 1. The van der Waals surface area contributed by atoms with Gasteiger partial charge in [-0.3, -0.25) is 4.79 Å². The topological polar surface area (TPSA) is 95.5 Å². The van der Waals surface area contributed by atoms with Crippen LogP contribution in [0.25, 0.3) is 0 Å². The second-order valence-corrected chi connectivity index (χ2v) is 9.60. The summed E-state index contributed by atoms with van der Waals surface area (Å²) in [5.41, 5.74) is 1.15. The molecule has 0 aliphatic heterocycles. The molecule has 0 bridgehead atoms. The summed E-state index contributed by atoms with van der Waals surface area (Å²) in [5, 5.41) is 12.9. The number of nitrogens with one attached hydrogen (secondary N) is 2. The van der Waals surface area contributed by atoms with Crippen LogP contribution < -0.4 is 10.0 Å². The first kappa shape index (κ1) is 20.3. The van der Waals surface area contributed by atoms with Gasteiger partial charge in [0.15, 0.2) is 0 Å². The lowest BCUT2D eigenvalue weighted by atomic mass is 9.83. The molecule has 1 aromatic rings. The first-order valence-corrected chi connectivity index (χ1v) is 11.4. The summed E-state index contributed by atoms with van der Waals surface area (Å²) in [7, 11) is -3.57. The lowest BCUT2D eigenvalue weighted by Crippen LogP contribution is -2.29. The number of aryl methyl sites for hydroxylation is 1. The lowest BCUT2D eigenvalue weighted by molar-refractivity contribution is 0.0641. The maximum Gasteiger partial charge on any atom is 0.251 e. The van der Waals surface area contributed by atoms with E-state index in [1.165, 1.54) is 12.5 Å². The van der Waals surface area contributed by atoms with Crippen molar-refractivity contribution in [1.29, 1.82) is 0 Å². The Kier molecular flexibility index (Phi) is 6.55. The Labute approximate surface area is 161 Å². The van der Waals surface area contributed by atoms with E-state index in [4.69, 9.17) is 0 Å². The summed E-state index contributed by atoms with van der Waals surface area (Å²) in [4.78, 5) is 12.7. The molecule has 1 aromatic carbocycles. The third kappa shape index (κ3) is 5.53. The minimum Gasteiger partial charge on any atom is -0.393 e. The highest BCUT2D eigenvalue weighted by atomic mass is 32.2. The van der Waals surface area contributed by atoms with Crippen molar-refractivity contribution >= 4 is 15.9 Å². The van der Waals surface area contributed by atoms with Crippen LogP contribution in [0.2, 0.25) is 0 Å². The monoisotopic (exact) mass is 394 g/mol. The van der Waals surface area contributed by atoms with Gasteiger partial charge in [0, 0.05) is 18.2 Å². The minimum absolute atomic E-state index is 0.0312. The average Bonchev–Trinajstić information content (AvgIpc) is 3.43. The van der Waals surface area contributed by atoms with E-state index < -0.39 is 10.0 Å². The van der Waals surface area contributed by atoms with Crippen LogP contribution in [0.15, 0.2) is 23.1 Å². The molecule has 2 saturated carbocycles. The van der Waals surface area contributed by atoms with E-state index in [2.05, 4.69) is 10.0 Å². The van der Waals surface area contributed by atoms with E-state index >= 15 is 0 Å². The van der Waals surface area contributed by atoms with Gasteiger partial charge >= 0.3 is 0 Å². The highest BCUT2D eigenvalue weighted by Gasteiger charge is 2.28. The molecule has 0 unspecified atom stereocenters. The summed E-state index contributed by atoms with van der Waals surface area (Å²) in [6.45, 7) is 2.33. The summed E-state index contributed by atoms with van der Waals surface area (Å²) in [5.74, 6) is 0.0829. The molecule has 1 amide bonds. The van der Waals surface area contributed by atoms with Gasteiger partial charge in [0.1, 0.15) is 0 Å². The third-order valence-electron chi connectivity index (χ3n) is 5.57. The molecule has 0 spiro atoms. The van der Waals surface area contributed by atoms with Gasteiger partial charge in [0.05, 0.1) is 11.0 Å². The zero-order valence-electron chi connectivity index (χ0n) is 15.9. The van der Waals surface area contributed by atoms with Crippen LogP contribution in [-0.4, -0.2) is 38.1 Å². The van der Waals surface area contributed by atoms with Crippen molar-refractivity contribution in [2.24, 2.45) is 5.92 Å². The second-order valence-electron chi connectivity index (χ2n) is 7.88. The first-order chi connectivity index (χ1) is 12.9. The Morgan fingerprint density at radius 1 is 1.19 bits per heavy atom. The molecule has 3 N–H and O–H groups in total. The fourth-order valence-electron chi connectivity index (χ4n) is 3.69. The fraction of sp³-hybridized carbons (Fsp3) is 0.650. The van der Waals surface area contributed by atoms with Crippen LogP contribution >= 0.6 is 0 Å². The molecule has 0 aromatic heterocycles. The number of carbonyl (C=O) groups excluding carboxylic acids is 1. The smallest absolute Gasteiger partial charge is 0.251 e. The van der Waals surface area contributed by atoms with Crippen LogP contribution in [0.3, 0.4) is 0 Å². The van der Waals surface area contributed by atoms with Gasteiger partial charge < -0.3 is 10.4 Å². The van der Waals surface area contributed by atoms with E-state index in [0.29, 0.717) is 18.0 Å². The maximum atomic E-state index is 12.5. The summed E-state index contributed by atoms with van der Waals surface area (Å²) in [6.07, 6.45) is 7.45. The predicted molar refractivity (Wildman–Crippen MR) is 104 cm³/mol. The van der Waals surface area contributed by atoms with Crippen LogP contribution in [0.1, 0.15) is 67.3 Å². The largest absolute Gasteiger partial charge is 0.393 e. The molecule has 0 radical (unpaired) electrons. The van der Waals surface area contributed by atoms with E-state index in [1.807, 2.05) is 0 Å². The average molecular weight is 395 g/mol. The van der Waals surface area contributed by atoms with Gasteiger partial charge in [-0.15, -0.1) is 0 Å². The van der Waals surface area contributed by atoms with Gasteiger partial charge in [0.2, 0.25) is 10.0 Å². The molecule has 0 heterocycles. The summed E-state index contributed by atoms with van der Waals surface area (Å²) < 4.78 is 27.4. The van der Waals surface area contributed by atoms with Crippen LogP contribution in [0.5, 0.6) is 0 Å². The SMILES string of the molecule is Cc1ccc(S(=O)(=O)NC2CC2)cc1C(=O)NCCC[C@H]1CCCC[C@@H]1O. The summed E-state index contributed by atoms with van der Waals surface area (Å²) >= 11 is 0. The van der Waals surface area contributed by atoms with Crippen LogP contribution in [0, 0.1) is 12.8 Å². The number of hydrogen-bond acceptors (Lipinski definition) is 4. The van der Waals surface area contributed by atoms with Gasteiger partial charge in [-0.2, -0.15) is 0 Å². The number of carbonyl (C=O) groups is 1. The van der Waals surface area contributed by atoms with Crippen molar-refractivity contribution in [3.63, 3.8) is 0 Å². The van der Waals surface area contributed by atoms with Crippen molar-refractivity contribution in [1.82, 2.24) is 10.0 Å². The Hall–Kier alpha value is -1.44. The normalized spacial score (nSPS) is 23.2. The Morgan fingerprint density at radius 3 is 2.63 bits per heavy atom. The van der Waals surface area contributed by atoms with Gasteiger partial charge in [-0.05, 0) is 69.1 Å². The fourth-order valence-corrected chi connectivity index (χ4v) is 5.02. The highest BCUT2D eigenvalue weighted by molar-refractivity contribution is 7.89. The number of aliphatic hydroxyl groups excluding tert-OH is 1. The summed E-state index contributed by atoms with van der Waals surface area (Å²) in [6, 6.07) is 4.71. The number of benzene rings is 1. The molecule has 6 nitrogen and oxygen atoms in total. The standard InChI is InChI=1S/C20H30N2O4S/c1-14-8-11-17(27(25,26)22-16-9-10-16)13-18(14)20(24)21-12-4-6-15-5-2-3-7-19(15)23/h8,11,13,15-16,19,22-23H,2-7,9-10,12H2,1H3,(H,21,24)/t15-,19+/m1/s1. The number of rotatable bonds is 8. The predicted octanol–water partition coefficient (Wildman–Crippen LogP) is 2.50. The Morgan fingerprint density at radius 2 is 1.93 bits per heavy atom. The van der Waals surface area contributed by atoms with E-state index in [0.717, 1.165) is 50.5 Å². The van der Waals surface area contributed by atoms with E-state index in [9.17, 15) is 18.3 Å². The first-order valence-electron chi connectivity index (χ1n) is 9.96. The number of amides is 1. The van der Waals surface area contributed by atoms with Crippen molar-refractivity contribution in [2.45, 2.75) is 75.3 Å². The Balaban J connectivity index is 1.55. The molecular formula is C20H30N2O4S. The number of sulfonamides is 1. The van der Waals surface area contributed by atoms with Gasteiger partial charge in [0.25, 0.3) is 5.91 Å². The van der Waals surface area contributed by atoms with Crippen LogP contribution in [-0.2, 0) is 10.0 Å². The minimum atomic E-state index is -3.57. The second kappa shape index (κ2) is 8.71. The van der Waals surface area contributed by atoms with Crippen molar-refractivity contribution in [3.05, 3.63) is 29.3 Å². The Bertz CT molecular complexity index is 774. The molecule has 0 saturated heterocycles. The molecule has 2 aliphatic rings. The molecular weight excluding hydrogens is 364 g/mol.